The summed E-state index contributed by atoms with van der Waals surface area (Å²) in [6.07, 6.45) is 3.62. The number of imidazole rings is 1. The molecule has 0 aliphatic carbocycles. The van der Waals surface area contributed by atoms with Crippen LogP contribution in [0.5, 0.6) is 0 Å². The highest BCUT2D eigenvalue weighted by atomic mass is 19.1. The third-order valence-electron chi connectivity index (χ3n) is 5.16. The molecular formula is C25H22FN3O2. The highest BCUT2D eigenvalue weighted by Crippen LogP contribution is 2.30. The van der Waals surface area contributed by atoms with Gasteiger partial charge in [0.05, 0.1) is 11.0 Å². The number of carbonyl (C=O) groups is 1. The van der Waals surface area contributed by atoms with Crippen LogP contribution >= 0.6 is 0 Å². The number of fused-ring (bicyclic) bond motifs is 1. The van der Waals surface area contributed by atoms with Crippen LogP contribution in [-0.2, 0) is 11.2 Å². The molecule has 1 aromatic heterocycles. The number of nitrogens with zero attached hydrogens (tertiary/aromatic N) is 2. The molecule has 3 aromatic carbocycles. The Kier molecular flexibility index (Phi) is 5.91. The zero-order chi connectivity index (χ0) is 21.8. The Balaban J connectivity index is 1.75. The molecule has 0 spiro atoms. The first-order valence-electron chi connectivity index (χ1n) is 9.99. The number of halogens is 1. The fourth-order valence-corrected chi connectivity index (χ4v) is 3.74. The maximum absolute atomic E-state index is 13.3. The molecule has 31 heavy (non-hydrogen) atoms. The van der Waals surface area contributed by atoms with Crippen molar-refractivity contribution in [2.24, 2.45) is 0 Å². The molecule has 1 heterocycles. The van der Waals surface area contributed by atoms with Crippen LogP contribution in [0.1, 0.15) is 24.1 Å². The third-order valence-corrected chi connectivity index (χ3v) is 5.16. The van der Waals surface area contributed by atoms with Gasteiger partial charge in [-0.2, -0.15) is 0 Å². The number of para-hydroxylation sites is 2. The average Bonchev–Trinajstić information content (AvgIpc) is 3.19. The van der Waals surface area contributed by atoms with Crippen molar-refractivity contribution in [3.63, 3.8) is 0 Å². The maximum atomic E-state index is 13.3. The predicted molar refractivity (Wildman–Crippen MR) is 119 cm³/mol. The Morgan fingerprint density at radius 2 is 1.90 bits per heavy atom. The van der Waals surface area contributed by atoms with E-state index in [-0.39, 0.29) is 11.9 Å². The van der Waals surface area contributed by atoms with E-state index in [1.54, 1.807) is 11.6 Å². The Bertz CT molecular complexity index is 1250. The van der Waals surface area contributed by atoms with E-state index in [9.17, 15) is 9.18 Å². The molecule has 1 amide bonds. The lowest BCUT2D eigenvalue weighted by Crippen LogP contribution is -2.14. The van der Waals surface area contributed by atoms with Crippen LogP contribution < -0.4 is 5.48 Å². The zero-order valence-electron chi connectivity index (χ0n) is 17.0. The Morgan fingerprint density at radius 1 is 1.13 bits per heavy atom. The second-order valence-electron chi connectivity index (χ2n) is 7.41. The topological polar surface area (TPSA) is 67.2 Å². The number of hydrogen-bond acceptors (Lipinski definition) is 3. The van der Waals surface area contributed by atoms with Crippen LogP contribution in [0.4, 0.5) is 4.39 Å². The van der Waals surface area contributed by atoms with Gasteiger partial charge in [0.25, 0.3) is 5.91 Å². The van der Waals surface area contributed by atoms with Crippen molar-refractivity contribution in [1.29, 1.82) is 0 Å². The van der Waals surface area contributed by atoms with Crippen molar-refractivity contribution in [1.82, 2.24) is 15.0 Å². The van der Waals surface area contributed by atoms with Gasteiger partial charge in [0.2, 0.25) is 0 Å². The zero-order valence-corrected chi connectivity index (χ0v) is 17.0. The van der Waals surface area contributed by atoms with Crippen molar-refractivity contribution < 1.29 is 14.4 Å². The summed E-state index contributed by atoms with van der Waals surface area (Å²) in [5.41, 5.74) is 6.27. The minimum atomic E-state index is -0.592. The van der Waals surface area contributed by atoms with E-state index in [0.29, 0.717) is 0 Å². The molecule has 4 rings (SSSR count). The quantitative estimate of drug-likeness (QED) is 0.260. The summed E-state index contributed by atoms with van der Waals surface area (Å²) >= 11 is 0. The molecule has 0 aliphatic heterocycles. The molecule has 1 atom stereocenters. The second kappa shape index (κ2) is 8.93. The van der Waals surface area contributed by atoms with Crippen LogP contribution in [0.2, 0.25) is 0 Å². The van der Waals surface area contributed by atoms with Gasteiger partial charge in [0.15, 0.2) is 0 Å². The Morgan fingerprint density at radius 3 is 2.68 bits per heavy atom. The molecule has 1 unspecified atom stereocenters. The van der Waals surface area contributed by atoms with Gasteiger partial charge in [0.1, 0.15) is 11.6 Å². The molecule has 6 heteroatoms. The molecule has 0 aliphatic rings. The van der Waals surface area contributed by atoms with Crippen LogP contribution in [-0.4, -0.2) is 20.7 Å². The molecule has 0 saturated heterocycles. The van der Waals surface area contributed by atoms with Crippen LogP contribution in [0.15, 0.2) is 78.9 Å². The molecule has 2 N–H and O–H groups in total. The SMILES string of the molecule is CC(Cc1ccc(F)cc1)n1c(-c2cccc(/C=C/C(=O)NO)c2)nc2ccccc21. The van der Waals surface area contributed by atoms with Gasteiger partial charge in [-0.3, -0.25) is 10.0 Å². The van der Waals surface area contributed by atoms with E-state index in [0.717, 1.165) is 40.0 Å². The lowest BCUT2D eigenvalue weighted by Gasteiger charge is -2.18. The van der Waals surface area contributed by atoms with Crippen molar-refractivity contribution in [2.45, 2.75) is 19.4 Å². The lowest BCUT2D eigenvalue weighted by atomic mass is 10.1. The van der Waals surface area contributed by atoms with E-state index >= 15 is 0 Å². The van der Waals surface area contributed by atoms with Crippen LogP contribution in [0.3, 0.4) is 0 Å². The fraction of sp³-hybridized carbons (Fsp3) is 0.120. The minimum Gasteiger partial charge on any atom is -0.321 e. The summed E-state index contributed by atoms with van der Waals surface area (Å²) in [7, 11) is 0. The average molecular weight is 415 g/mol. The summed E-state index contributed by atoms with van der Waals surface area (Å²) in [4.78, 5) is 16.2. The Hall–Kier alpha value is -3.77. The van der Waals surface area contributed by atoms with Gasteiger partial charge in [-0.05, 0) is 60.9 Å². The number of hydrogen-bond donors (Lipinski definition) is 2. The summed E-state index contributed by atoms with van der Waals surface area (Å²) in [5.74, 6) is -0.0202. The molecule has 0 fully saturated rings. The highest BCUT2D eigenvalue weighted by molar-refractivity contribution is 5.91. The normalized spacial score (nSPS) is 12.4. The van der Waals surface area contributed by atoms with E-state index < -0.39 is 5.91 Å². The molecule has 0 radical (unpaired) electrons. The number of nitrogens with one attached hydrogen (secondary N) is 1. The number of hydroxylamine groups is 1. The summed E-state index contributed by atoms with van der Waals surface area (Å²) in [6, 6.07) is 22.3. The monoisotopic (exact) mass is 415 g/mol. The third kappa shape index (κ3) is 4.54. The van der Waals surface area contributed by atoms with Gasteiger partial charge in [-0.1, -0.05) is 42.5 Å². The number of aromatic nitrogens is 2. The highest BCUT2D eigenvalue weighted by Gasteiger charge is 2.18. The number of rotatable bonds is 6. The van der Waals surface area contributed by atoms with E-state index in [1.165, 1.54) is 18.2 Å². The standard InChI is InChI=1S/C25H22FN3O2/c1-17(15-19-9-12-21(26)13-10-19)29-23-8-3-2-7-22(23)27-25(29)20-6-4-5-18(16-20)11-14-24(30)28-31/h2-14,16-17,31H,15H2,1H3,(H,28,30)/b14-11+. The van der Waals surface area contributed by atoms with Gasteiger partial charge in [0, 0.05) is 17.7 Å². The Labute approximate surface area is 179 Å². The maximum Gasteiger partial charge on any atom is 0.267 e. The van der Waals surface area contributed by atoms with E-state index in [1.807, 2.05) is 60.7 Å². The first-order valence-corrected chi connectivity index (χ1v) is 9.99. The molecule has 0 bridgehead atoms. The predicted octanol–water partition coefficient (Wildman–Crippen LogP) is 5.16. The van der Waals surface area contributed by atoms with Gasteiger partial charge >= 0.3 is 0 Å². The van der Waals surface area contributed by atoms with Gasteiger partial charge in [-0.25, -0.2) is 14.9 Å². The molecule has 0 saturated carbocycles. The van der Waals surface area contributed by atoms with Crippen molar-refractivity contribution >= 4 is 23.0 Å². The number of benzene rings is 3. The number of amides is 1. The number of carbonyl (C=O) groups excluding carboxylic acids is 1. The first-order chi connectivity index (χ1) is 15.0. The largest absolute Gasteiger partial charge is 0.321 e. The first kappa shape index (κ1) is 20.5. The van der Waals surface area contributed by atoms with Crippen molar-refractivity contribution in [3.05, 3.63) is 95.8 Å². The van der Waals surface area contributed by atoms with Gasteiger partial charge in [-0.15, -0.1) is 0 Å². The van der Waals surface area contributed by atoms with Crippen LogP contribution in [0, 0.1) is 5.82 Å². The van der Waals surface area contributed by atoms with E-state index in [4.69, 9.17) is 10.2 Å². The summed E-state index contributed by atoms with van der Waals surface area (Å²) in [5, 5.41) is 8.67. The van der Waals surface area contributed by atoms with Crippen molar-refractivity contribution in [3.8, 4) is 11.4 Å². The molecule has 5 nitrogen and oxygen atoms in total. The van der Waals surface area contributed by atoms with Crippen molar-refractivity contribution in [2.75, 3.05) is 0 Å². The molecule has 4 aromatic rings. The van der Waals surface area contributed by atoms with Gasteiger partial charge < -0.3 is 4.57 Å². The second-order valence-corrected chi connectivity index (χ2v) is 7.41. The summed E-state index contributed by atoms with van der Waals surface area (Å²) in [6.45, 7) is 2.12. The lowest BCUT2D eigenvalue weighted by molar-refractivity contribution is -0.124. The smallest absolute Gasteiger partial charge is 0.267 e. The molecule has 156 valence electrons. The summed E-state index contributed by atoms with van der Waals surface area (Å²) < 4.78 is 15.5. The molecular weight excluding hydrogens is 393 g/mol. The fourth-order valence-electron chi connectivity index (χ4n) is 3.74. The van der Waals surface area contributed by atoms with E-state index in [2.05, 4.69) is 11.5 Å². The minimum absolute atomic E-state index is 0.0761. The van der Waals surface area contributed by atoms with Crippen LogP contribution in [0.25, 0.3) is 28.5 Å².